The fourth-order valence-electron chi connectivity index (χ4n) is 1.80. The second kappa shape index (κ2) is 4.71. The Morgan fingerprint density at radius 3 is 2.94 bits per heavy atom. The third kappa shape index (κ3) is 2.24. The van der Waals surface area contributed by atoms with Gasteiger partial charge in [-0.15, -0.1) is 0 Å². The average molecular weight is 237 g/mol. The molecule has 0 aliphatic heterocycles. The van der Waals surface area contributed by atoms with Gasteiger partial charge >= 0.3 is 0 Å². The number of aryl methyl sites for hydroxylation is 1. The monoisotopic (exact) mass is 237 g/mol. The molecule has 0 aliphatic carbocycles. The zero-order chi connectivity index (χ0) is 12.4. The standard InChI is InChI=1S/C12H16FN3O/c1-3-17-5-4-16-11-6-8(2)9(13)7-10(11)15-12(16)14/h6-7H,3-5H2,1-2H3,(H2,14,15). The van der Waals surface area contributed by atoms with Crippen molar-refractivity contribution >= 4 is 17.0 Å². The Kier molecular flexibility index (Phi) is 3.28. The van der Waals surface area contributed by atoms with Crippen LogP contribution in [0.2, 0.25) is 0 Å². The minimum atomic E-state index is -0.257. The maximum atomic E-state index is 13.4. The van der Waals surface area contributed by atoms with Gasteiger partial charge in [-0.3, -0.25) is 0 Å². The van der Waals surface area contributed by atoms with Crippen LogP contribution in [0.25, 0.3) is 11.0 Å². The number of fused-ring (bicyclic) bond motifs is 1. The van der Waals surface area contributed by atoms with E-state index in [0.29, 0.717) is 36.8 Å². The highest BCUT2D eigenvalue weighted by Crippen LogP contribution is 2.21. The van der Waals surface area contributed by atoms with E-state index in [1.807, 2.05) is 11.5 Å². The zero-order valence-electron chi connectivity index (χ0n) is 10.0. The number of ether oxygens (including phenoxy) is 1. The number of nitrogens with zero attached hydrogens (tertiary/aromatic N) is 2. The van der Waals surface area contributed by atoms with E-state index < -0.39 is 0 Å². The molecule has 0 aliphatic rings. The summed E-state index contributed by atoms with van der Waals surface area (Å²) in [4.78, 5) is 4.14. The van der Waals surface area contributed by atoms with Gasteiger partial charge < -0.3 is 15.0 Å². The van der Waals surface area contributed by atoms with Crippen molar-refractivity contribution in [2.45, 2.75) is 20.4 Å². The molecule has 4 nitrogen and oxygen atoms in total. The highest BCUT2D eigenvalue weighted by Gasteiger charge is 2.10. The van der Waals surface area contributed by atoms with Crippen LogP contribution >= 0.6 is 0 Å². The van der Waals surface area contributed by atoms with Gasteiger partial charge in [-0.05, 0) is 25.5 Å². The van der Waals surface area contributed by atoms with E-state index in [4.69, 9.17) is 10.5 Å². The van der Waals surface area contributed by atoms with E-state index in [9.17, 15) is 4.39 Å². The van der Waals surface area contributed by atoms with E-state index in [1.54, 1.807) is 13.0 Å². The average Bonchev–Trinajstić information content (AvgIpc) is 2.57. The summed E-state index contributed by atoms with van der Waals surface area (Å²) in [6.45, 7) is 5.53. The fourth-order valence-corrected chi connectivity index (χ4v) is 1.80. The first kappa shape index (κ1) is 11.9. The maximum Gasteiger partial charge on any atom is 0.201 e. The van der Waals surface area contributed by atoms with Gasteiger partial charge in [0, 0.05) is 19.2 Å². The summed E-state index contributed by atoms with van der Waals surface area (Å²) >= 11 is 0. The number of anilines is 1. The first-order valence-electron chi connectivity index (χ1n) is 5.63. The summed E-state index contributed by atoms with van der Waals surface area (Å²) in [6, 6.07) is 3.18. The van der Waals surface area contributed by atoms with Gasteiger partial charge in [0.1, 0.15) is 5.82 Å². The predicted octanol–water partition coefficient (Wildman–Crippen LogP) is 2.10. The number of hydrogen-bond acceptors (Lipinski definition) is 3. The SMILES string of the molecule is CCOCCn1c(N)nc2cc(F)c(C)cc21. The number of benzene rings is 1. The Bertz CT molecular complexity index is 536. The molecule has 0 saturated carbocycles. The maximum absolute atomic E-state index is 13.4. The van der Waals surface area contributed by atoms with Crippen molar-refractivity contribution < 1.29 is 9.13 Å². The summed E-state index contributed by atoms with van der Waals surface area (Å²) in [7, 11) is 0. The van der Waals surface area contributed by atoms with Gasteiger partial charge in [0.05, 0.1) is 17.6 Å². The van der Waals surface area contributed by atoms with Crippen LogP contribution in [0.5, 0.6) is 0 Å². The predicted molar refractivity (Wildman–Crippen MR) is 65.3 cm³/mol. The van der Waals surface area contributed by atoms with Crippen LogP contribution in [0.15, 0.2) is 12.1 Å². The van der Waals surface area contributed by atoms with Crippen LogP contribution in [0.1, 0.15) is 12.5 Å². The molecule has 92 valence electrons. The minimum absolute atomic E-state index is 0.257. The lowest BCUT2D eigenvalue weighted by Gasteiger charge is -2.06. The molecule has 0 radical (unpaired) electrons. The second-order valence-electron chi connectivity index (χ2n) is 3.91. The van der Waals surface area contributed by atoms with Gasteiger partial charge in [-0.1, -0.05) is 0 Å². The third-order valence-corrected chi connectivity index (χ3v) is 2.72. The Hall–Kier alpha value is -1.62. The van der Waals surface area contributed by atoms with Crippen LogP contribution in [0, 0.1) is 12.7 Å². The molecule has 0 spiro atoms. The molecule has 0 amide bonds. The van der Waals surface area contributed by atoms with Gasteiger partial charge in [-0.2, -0.15) is 0 Å². The molecule has 0 atom stereocenters. The van der Waals surface area contributed by atoms with Crippen LogP contribution in [0.3, 0.4) is 0 Å². The minimum Gasteiger partial charge on any atom is -0.380 e. The number of nitrogen functional groups attached to an aromatic ring is 1. The fraction of sp³-hybridized carbons (Fsp3) is 0.417. The summed E-state index contributed by atoms with van der Waals surface area (Å²) in [5.74, 6) is 0.136. The van der Waals surface area contributed by atoms with E-state index in [2.05, 4.69) is 4.98 Å². The summed E-state index contributed by atoms with van der Waals surface area (Å²) in [5.41, 5.74) is 7.84. The van der Waals surface area contributed by atoms with Crippen LogP contribution in [-0.4, -0.2) is 22.8 Å². The molecule has 1 aromatic carbocycles. The van der Waals surface area contributed by atoms with E-state index in [-0.39, 0.29) is 5.82 Å². The normalized spacial score (nSPS) is 11.2. The Morgan fingerprint density at radius 1 is 1.47 bits per heavy atom. The van der Waals surface area contributed by atoms with E-state index >= 15 is 0 Å². The highest BCUT2D eigenvalue weighted by molar-refractivity contribution is 5.79. The molecular weight excluding hydrogens is 221 g/mol. The lowest BCUT2D eigenvalue weighted by molar-refractivity contribution is 0.140. The molecule has 0 bridgehead atoms. The third-order valence-electron chi connectivity index (χ3n) is 2.72. The summed E-state index contributed by atoms with van der Waals surface area (Å²) in [6.07, 6.45) is 0. The number of nitrogens with two attached hydrogens (primary N) is 1. The summed E-state index contributed by atoms with van der Waals surface area (Å²) in [5, 5.41) is 0. The molecule has 2 rings (SSSR count). The van der Waals surface area contributed by atoms with E-state index in [0.717, 1.165) is 5.52 Å². The number of hydrogen-bond donors (Lipinski definition) is 1. The quantitative estimate of drug-likeness (QED) is 0.828. The van der Waals surface area contributed by atoms with Crippen molar-refractivity contribution in [2.24, 2.45) is 0 Å². The van der Waals surface area contributed by atoms with Crippen molar-refractivity contribution in [1.82, 2.24) is 9.55 Å². The topological polar surface area (TPSA) is 53.1 Å². The van der Waals surface area contributed by atoms with Gasteiger partial charge in [0.2, 0.25) is 5.95 Å². The number of aromatic nitrogens is 2. The first-order valence-corrected chi connectivity index (χ1v) is 5.63. The Balaban J connectivity index is 2.40. The largest absolute Gasteiger partial charge is 0.380 e. The molecule has 2 N–H and O–H groups in total. The molecule has 1 heterocycles. The number of rotatable bonds is 4. The molecule has 2 aromatic rings. The Morgan fingerprint density at radius 2 is 2.24 bits per heavy atom. The van der Waals surface area contributed by atoms with Crippen molar-refractivity contribution in [3.8, 4) is 0 Å². The number of halogens is 1. The summed E-state index contributed by atoms with van der Waals surface area (Å²) < 4.78 is 20.5. The molecule has 1 aromatic heterocycles. The molecule has 17 heavy (non-hydrogen) atoms. The van der Waals surface area contributed by atoms with Crippen LogP contribution in [-0.2, 0) is 11.3 Å². The van der Waals surface area contributed by atoms with Gasteiger partial charge in [0.15, 0.2) is 0 Å². The second-order valence-corrected chi connectivity index (χ2v) is 3.91. The molecular formula is C12H16FN3O. The molecule has 0 unspecified atom stereocenters. The smallest absolute Gasteiger partial charge is 0.201 e. The van der Waals surface area contributed by atoms with Crippen molar-refractivity contribution in [2.75, 3.05) is 18.9 Å². The zero-order valence-corrected chi connectivity index (χ0v) is 10.0. The molecule has 0 saturated heterocycles. The first-order chi connectivity index (χ1) is 8.13. The Labute approximate surface area is 99.2 Å². The highest BCUT2D eigenvalue weighted by atomic mass is 19.1. The van der Waals surface area contributed by atoms with Crippen molar-refractivity contribution in [3.05, 3.63) is 23.5 Å². The van der Waals surface area contributed by atoms with Crippen LogP contribution in [0.4, 0.5) is 10.3 Å². The van der Waals surface area contributed by atoms with Crippen LogP contribution < -0.4 is 5.73 Å². The molecule has 5 heteroatoms. The van der Waals surface area contributed by atoms with Crippen molar-refractivity contribution in [3.63, 3.8) is 0 Å². The molecule has 0 fully saturated rings. The lowest BCUT2D eigenvalue weighted by atomic mass is 10.2. The lowest BCUT2D eigenvalue weighted by Crippen LogP contribution is -2.08. The number of imidazole rings is 1. The van der Waals surface area contributed by atoms with E-state index in [1.165, 1.54) is 6.07 Å². The van der Waals surface area contributed by atoms with Gasteiger partial charge in [-0.25, -0.2) is 9.37 Å². The van der Waals surface area contributed by atoms with Crippen molar-refractivity contribution in [1.29, 1.82) is 0 Å². The van der Waals surface area contributed by atoms with Gasteiger partial charge in [0.25, 0.3) is 0 Å².